The van der Waals surface area contributed by atoms with Crippen LogP contribution in [0.25, 0.3) is 0 Å². The molecule has 1 aromatic carbocycles. The Morgan fingerprint density at radius 2 is 2.33 bits per heavy atom. The highest BCUT2D eigenvalue weighted by molar-refractivity contribution is 5.85. The van der Waals surface area contributed by atoms with E-state index in [9.17, 15) is 9.90 Å². The van der Waals surface area contributed by atoms with Gasteiger partial charge in [-0.25, -0.2) is 0 Å². The summed E-state index contributed by atoms with van der Waals surface area (Å²) in [5.74, 6) is 0.550. The second-order valence-electron chi connectivity index (χ2n) is 4.54. The molecule has 4 nitrogen and oxygen atoms in total. The van der Waals surface area contributed by atoms with Crippen LogP contribution >= 0.6 is 0 Å². The summed E-state index contributed by atoms with van der Waals surface area (Å²) in [6, 6.07) is 7.61. The van der Waals surface area contributed by atoms with Gasteiger partial charge in [0.15, 0.2) is 0 Å². The number of para-hydroxylation sites is 1. The third-order valence-corrected chi connectivity index (χ3v) is 3.26. The third-order valence-electron chi connectivity index (χ3n) is 3.26. The van der Waals surface area contributed by atoms with Crippen molar-refractivity contribution in [1.29, 1.82) is 0 Å². The number of hydrogen-bond acceptors (Lipinski definition) is 3. The quantitative estimate of drug-likeness (QED) is 0.830. The molecular formula is C14H19NO3. The van der Waals surface area contributed by atoms with Crippen molar-refractivity contribution in [3.05, 3.63) is 29.8 Å². The van der Waals surface area contributed by atoms with Crippen molar-refractivity contribution >= 4 is 5.91 Å². The normalized spacial score (nSPS) is 18.9. The molecule has 0 fully saturated rings. The topological polar surface area (TPSA) is 58.6 Å². The second kappa shape index (κ2) is 5.87. The van der Waals surface area contributed by atoms with E-state index in [0.717, 1.165) is 11.3 Å². The summed E-state index contributed by atoms with van der Waals surface area (Å²) < 4.78 is 5.47. The van der Waals surface area contributed by atoms with Crippen molar-refractivity contribution in [1.82, 2.24) is 5.32 Å². The van der Waals surface area contributed by atoms with Gasteiger partial charge in [0.25, 0.3) is 0 Å². The van der Waals surface area contributed by atoms with Crippen LogP contribution in [0.15, 0.2) is 24.3 Å². The van der Waals surface area contributed by atoms with Gasteiger partial charge in [0.05, 0.1) is 6.10 Å². The minimum atomic E-state index is -0.336. The molecule has 1 amide bonds. The lowest BCUT2D eigenvalue weighted by molar-refractivity contribution is -0.122. The molecule has 2 atom stereocenters. The lowest BCUT2D eigenvalue weighted by Crippen LogP contribution is -2.32. The van der Waals surface area contributed by atoms with Crippen LogP contribution in [0.5, 0.6) is 5.75 Å². The first kappa shape index (κ1) is 12.9. The van der Waals surface area contributed by atoms with Gasteiger partial charge in [-0.1, -0.05) is 25.1 Å². The maximum absolute atomic E-state index is 12.0. The lowest BCUT2D eigenvalue weighted by atomic mass is 10.0. The van der Waals surface area contributed by atoms with E-state index in [4.69, 9.17) is 4.74 Å². The number of amides is 1. The van der Waals surface area contributed by atoms with Crippen LogP contribution in [0.1, 0.15) is 31.2 Å². The molecule has 2 rings (SSSR count). The van der Waals surface area contributed by atoms with Crippen LogP contribution in [0.4, 0.5) is 0 Å². The molecule has 0 radical (unpaired) electrons. The van der Waals surface area contributed by atoms with Gasteiger partial charge in [0.2, 0.25) is 5.91 Å². The van der Waals surface area contributed by atoms with E-state index in [-0.39, 0.29) is 17.9 Å². The van der Waals surface area contributed by atoms with E-state index >= 15 is 0 Å². The molecule has 1 aliphatic heterocycles. The van der Waals surface area contributed by atoms with E-state index in [0.29, 0.717) is 26.0 Å². The molecule has 0 aromatic heterocycles. The molecule has 2 N–H and O–H groups in total. The second-order valence-corrected chi connectivity index (χ2v) is 4.54. The van der Waals surface area contributed by atoms with Crippen LogP contribution in [0.2, 0.25) is 0 Å². The molecule has 0 saturated carbocycles. The SMILES string of the molecule is CCC(O)CCNC(=O)C1COc2ccccc21. The number of aliphatic hydroxyl groups is 1. The molecule has 18 heavy (non-hydrogen) atoms. The fourth-order valence-corrected chi connectivity index (χ4v) is 2.07. The molecule has 0 saturated heterocycles. The lowest BCUT2D eigenvalue weighted by Gasteiger charge is -2.12. The van der Waals surface area contributed by atoms with Crippen LogP contribution in [0, 0.1) is 0 Å². The van der Waals surface area contributed by atoms with E-state index in [1.165, 1.54) is 0 Å². The summed E-state index contributed by atoms with van der Waals surface area (Å²) in [5.41, 5.74) is 0.950. The number of rotatable bonds is 5. The van der Waals surface area contributed by atoms with Gasteiger partial charge in [-0.15, -0.1) is 0 Å². The number of hydrogen-bond donors (Lipinski definition) is 2. The van der Waals surface area contributed by atoms with E-state index in [2.05, 4.69) is 5.32 Å². The number of ether oxygens (including phenoxy) is 1. The summed E-state index contributed by atoms with van der Waals surface area (Å²) >= 11 is 0. The first-order chi connectivity index (χ1) is 8.72. The highest BCUT2D eigenvalue weighted by atomic mass is 16.5. The summed E-state index contributed by atoms with van der Waals surface area (Å²) in [7, 11) is 0. The molecule has 0 spiro atoms. The van der Waals surface area contributed by atoms with Gasteiger partial charge in [0, 0.05) is 12.1 Å². The fraction of sp³-hybridized carbons (Fsp3) is 0.500. The van der Waals surface area contributed by atoms with Crippen molar-refractivity contribution < 1.29 is 14.6 Å². The standard InChI is InChI=1S/C14H19NO3/c1-2-10(16)7-8-15-14(17)12-9-18-13-6-4-3-5-11(12)13/h3-6,10,12,16H,2,7-9H2,1H3,(H,15,17). The molecule has 2 unspecified atom stereocenters. The van der Waals surface area contributed by atoms with Gasteiger partial charge >= 0.3 is 0 Å². The number of carbonyl (C=O) groups is 1. The molecule has 1 heterocycles. The van der Waals surface area contributed by atoms with E-state index < -0.39 is 0 Å². The van der Waals surface area contributed by atoms with Gasteiger partial charge in [-0.2, -0.15) is 0 Å². The molecule has 1 aromatic rings. The number of aliphatic hydroxyl groups excluding tert-OH is 1. The number of benzene rings is 1. The van der Waals surface area contributed by atoms with Crippen molar-refractivity contribution in [2.45, 2.75) is 31.8 Å². The number of carbonyl (C=O) groups excluding carboxylic acids is 1. The monoisotopic (exact) mass is 249 g/mol. The summed E-state index contributed by atoms with van der Waals surface area (Å²) in [5, 5.41) is 12.3. The Labute approximate surface area is 107 Å². The molecule has 4 heteroatoms. The Hall–Kier alpha value is -1.55. The molecular weight excluding hydrogens is 230 g/mol. The van der Waals surface area contributed by atoms with Crippen molar-refractivity contribution in [2.24, 2.45) is 0 Å². The fourth-order valence-electron chi connectivity index (χ4n) is 2.07. The predicted molar refractivity (Wildman–Crippen MR) is 68.6 cm³/mol. The van der Waals surface area contributed by atoms with Crippen LogP contribution in [-0.4, -0.2) is 30.3 Å². The smallest absolute Gasteiger partial charge is 0.231 e. The molecule has 0 bridgehead atoms. The highest BCUT2D eigenvalue weighted by Crippen LogP contribution is 2.33. The maximum atomic E-state index is 12.0. The molecule has 1 aliphatic rings. The van der Waals surface area contributed by atoms with Crippen molar-refractivity contribution in [3.8, 4) is 5.75 Å². The predicted octanol–water partition coefficient (Wildman–Crippen LogP) is 1.44. The summed E-state index contributed by atoms with van der Waals surface area (Å²) in [6.45, 7) is 2.83. The minimum absolute atomic E-state index is 0.0248. The van der Waals surface area contributed by atoms with Gasteiger partial charge in [0.1, 0.15) is 18.3 Å². The summed E-state index contributed by atoms with van der Waals surface area (Å²) in [6.07, 6.45) is 0.973. The molecule has 0 aliphatic carbocycles. The zero-order valence-electron chi connectivity index (χ0n) is 10.6. The first-order valence-corrected chi connectivity index (χ1v) is 6.40. The van der Waals surface area contributed by atoms with Crippen molar-refractivity contribution in [3.63, 3.8) is 0 Å². The number of nitrogens with one attached hydrogen (secondary N) is 1. The van der Waals surface area contributed by atoms with Crippen LogP contribution in [0.3, 0.4) is 0 Å². The highest BCUT2D eigenvalue weighted by Gasteiger charge is 2.29. The Balaban J connectivity index is 1.88. The average molecular weight is 249 g/mol. The Morgan fingerprint density at radius 3 is 3.11 bits per heavy atom. The summed E-state index contributed by atoms with van der Waals surface area (Å²) in [4.78, 5) is 12.0. The average Bonchev–Trinajstić information content (AvgIpc) is 2.82. The maximum Gasteiger partial charge on any atom is 0.231 e. The molecule has 98 valence electrons. The van der Waals surface area contributed by atoms with Crippen molar-refractivity contribution in [2.75, 3.05) is 13.2 Å². The van der Waals surface area contributed by atoms with Crippen LogP contribution in [-0.2, 0) is 4.79 Å². The number of fused-ring (bicyclic) bond motifs is 1. The largest absolute Gasteiger partial charge is 0.492 e. The first-order valence-electron chi connectivity index (χ1n) is 6.40. The van der Waals surface area contributed by atoms with Gasteiger partial charge < -0.3 is 15.2 Å². The zero-order valence-corrected chi connectivity index (χ0v) is 10.6. The zero-order chi connectivity index (χ0) is 13.0. The van der Waals surface area contributed by atoms with Gasteiger partial charge in [-0.3, -0.25) is 4.79 Å². The third kappa shape index (κ3) is 2.82. The Kier molecular flexibility index (Phi) is 4.20. The van der Waals surface area contributed by atoms with Crippen LogP contribution < -0.4 is 10.1 Å². The Bertz CT molecular complexity index is 419. The van der Waals surface area contributed by atoms with E-state index in [1.807, 2.05) is 31.2 Å². The van der Waals surface area contributed by atoms with Gasteiger partial charge in [-0.05, 0) is 18.9 Å². The Morgan fingerprint density at radius 1 is 1.56 bits per heavy atom. The van der Waals surface area contributed by atoms with E-state index in [1.54, 1.807) is 0 Å². The minimum Gasteiger partial charge on any atom is -0.492 e.